The number of carbonyl (C=O) groups is 3. The average Bonchev–Trinajstić information content (AvgIpc) is 3.36. The molecule has 1 atom stereocenters. The third-order valence-corrected chi connectivity index (χ3v) is 13.3. The minimum atomic E-state index is -0.806. The summed E-state index contributed by atoms with van der Waals surface area (Å²) in [5.74, 6) is -0.984. The van der Waals surface area contributed by atoms with Crippen molar-refractivity contribution in [2.75, 3.05) is 13.2 Å². The molecule has 0 aromatic heterocycles. The number of rotatable bonds is 55. The summed E-state index contributed by atoms with van der Waals surface area (Å²) in [5.41, 5.74) is 0. The first-order chi connectivity index (χ1) is 34.5. The SMILES string of the molecule is CC/C=C\C/C=C\C/C=C\C/C=C\CCC(=O)OC(COC(=O)CCCCCCCC)COC(=O)CCCCCCCCCCCCCCCCCCCCCCC/C=C\CCCCCCCCCC. The highest BCUT2D eigenvalue weighted by Crippen LogP contribution is 2.17. The zero-order chi connectivity index (χ0) is 50.7. The van der Waals surface area contributed by atoms with Crippen LogP contribution in [0.2, 0.25) is 0 Å². The molecule has 0 amide bonds. The zero-order valence-electron chi connectivity index (χ0n) is 46.5. The number of allylic oxidation sites excluding steroid dienone is 10. The molecule has 0 spiro atoms. The first-order valence-electron chi connectivity index (χ1n) is 30.3. The van der Waals surface area contributed by atoms with Crippen LogP contribution in [0.25, 0.3) is 0 Å². The van der Waals surface area contributed by atoms with Crippen LogP contribution >= 0.6 is 0 Å². The highest BCUT2D eigenvalue weighted by atomic mass is 16.6. The highest BCUT2D eigenvalue weighted by Gasteiger charge is 2.19. The van der Waals surface area contributed by atoms with Crippen molar-refractivity contribution in [3.8, 4) is 0 Å². The molecule has 406 valence electrons. The molecule has 0 heterocycles. The van der Waals surface area contributed by atoms with E-state index >= 15 is 0 Å². The molecule has 0 aromatic rings. The molecule has 70 heavy (non-hydrogen) atoms. The van der Waals surface area contributed by atoms with Gasteiger partial charge in [0.05, 0.1) is 0 Å². The minimum Gasteiger partial charge on any atom is -0.462 e. The number of hydrogen-bond donors (Lipinski definition) is 0. The second-order valence-corrected chi connectivity index (χ2v) is 20.2. The lowest BCUT2D eigenvalue weighted by molar-refractivity contribution is -0.166. The first-order valence-corrected chi connectivity index (χ1v) is 30.3. The van der Waals surface area contributed by atoms with Crippen LogP contribution in [0.4, 0.5) is 0 Å². The maximum Gasteiger partial charge on any atom is 0.306 e. The Labute approximate surface area is 434 Å². The van der Waals surface area contributed by atoms with Gasteiger partial charge in [0.1, 0.15) is 13.2 Å². The largest absolute Gasteiger partial charge is 0.462 e. The fourth-order valence-corrected chi connectivity index (χ4v) is 8.75. The van der Waals surface area contributed by atoms with Gasteiger partial charge in [-0.1, -0.05) is 281 Å². The normalized spacial score (nSPS) is 12.4. The molecule has 0 aliphatic rings. The van der Waals surface area contributed by atoms with Gasteiger partial charge in [-0.25, -0.2) is 0 Å². The number of hydrogen-bond acceptors (Lipinski definition) is 6. The summed E-state index contributed by atoms with van der Waals surface area (Å²) >= 11 is 0. The predicted octanol–water partition coefficient (Wildman–Crippen LogP) is 20.4. The van der Waals surface area contributed by atoms with Crippen LogP contribution in [-0.2, 0) is 28.6 Å². The lowest BCUT2D eigenvalue weighted by Crippen LogP contribution is -2.30. The number of ether oxygens (including phenoxy) is 3. The molecule has 0 radical (unpaired) electrons. The Morgan fingerprint density at radius 2 is 0.586 bits per heavy atom. The van der Waals surface area contributed by atoms with Gasteiger partial charge in [0, 0.05) is 19.3 Å². The summed E-state index contributed by atoms with van der Waals surface area (Å²) in [6, 6.07) is 0. The number of unbranched alkanes of at least 4 members (excludes halogenated alkanes) is 34. The van der Waals surface area contributed by atoms with Crippen LogP contribution in [-0.4, -0.2) is 37.2 Å². The van der Waals surface area contributed by atoms with Crippen LogP contribution in [0.15, 0.2) is 60.8 Å². The van der Waals surface area contributed by atoms with Crippen molar-refractivity contribution >= 4 is 17.9 Å². The first kappa shape index (κ1) is 67.1. The maximum absolute atomic E-state index is 12.7. The van der Waals surface area contributed by atoms with E-state index in [1.807, 2.05) is 12.2 Å². The van der Waals surface area contributed by atoms with E-state index in [1.165, 1.54) is 199 Å². The van der Waals surface area contributed by atoms with Crippen molar-refractivity contribution in [2.45, 2.75) is 316 Å². The lowest BCUT2D eigenvalue weighted by Gasteiger charge is -2.18. The predicted molar refractivity (Wildman–Crippen MR) is 302 cm³/mol. The minimum absolute atomic E-state index is 0.100. The molecule has 0 rings (SSSR count). The summed E-state index contributed by atoms with van der Waals surface area (Å²) < 4.78 is 16.6. The Bertz CT molecular complexity index is 1260. The molecule has 0 saturated heterocycles. The summed E-state index contributed by atoms with van der Waals surface area (Å²) in [7, 11) is 0. The van der Waals surface area contributed by atoms with E-state index in [-0.39, 0.29) is 37.5 Å². The van der Waals surface area contributed by atoms with Crippen LogP contribution in [0.1, 0.15) is 310 Å². The third kappa shape index (κ3) is 56.0. The number of esters is 3. The van der Waals surface area contributed by atoms with Crippen LogP contribution in [0.3, 0.4) is 0 Å². The van der Waals surface area contributed by atoms with Gasteiger partial charge in [-0.2, -0.15) is 0 Å². The summed E-state index contributed by atoms with van der Waals surface area (Å²) in [4.78, 5) is 37.7. The quantitative estimate of drug-likeness (QED) is 0.0261. The molecule has 6 nitrogen and oxygen atoms in total. The third-order valence-electron chi connectivity index (χ3n) is 13.3. The van der Waals surface area contributed by atoms with Gasteiger partial charge in [-0.05, 0) is 70.6 Å². The van der Waals surface area contributed by atoms with E-state index in [1.54, 1.807) is 0 Å². The van der Waals surface area contributed by atoms with Gasteiger partial charge < -0.3 is 14.2 Å². The second kappa shape index (κ2) is 58.7. The van der Waals surface area contributed by atoms with Crippen LogP contribution < -0.4 is 0 Å². The Kier molecular flexibility index (Phi) is 56.3. The van der Waals surface area contributed by atoms with Gasteiger partial charge in [0.25, 0.3) is 0 Å². The van der Waals surface area contributed by atoms with E-state index in [2.05, 4.69) is 69.4 Å². The molecule has 1 unspecified atom stereocenters. The highest BCUT2D eigenvalue weighted by molar-refractivity contribution is 5.71. The van der Waals surface area contributed by atoms with Crippen molar-refractivity contribution in [3.05, 3.63) is 60.8 Å². The molecule has 0 saturated carbocycles. The summed E-state index contributed by atoms with van der Waals surface area (Å²) in [5, 5.41) is 0. The fourth-order valence-electron chi connectivity index (χ4n) is 8.75. The molecule has 6 heteroatoms. The maximum atomic E-state index is 12.7. The van der Waals surface area contributed by atoms with Crippen LogP contribution in [0, 0.1) is 0 Å². The second-order valence-electron chi connectivity index (χ2n) is 20.2. The molecule has 0 aromatic carbocycles. The Morgan fingerprint density at radius 1 is 0.300 bits per heavy atom. The van der Waals surface area contributed by atoms with Crippen molar-refractivity contribution < 1.29 is 28.6 Å². The lowest BCUT2D eigenvalue weighted by atomic mass is 10.0. The van der Waals surface area contributed by atoms with Crippen molar-refractivity contribution in [1.82, 2.24) is 0 Å². The van der Waals surface area contributed by atoms with E-state index in [0.29, 0.717) is 19.3 Å². The van der Waals surface area contributed by atoms with Gasteiger partial charge in [-0.3, -0.25) is 14.4 Å². The molecule has 0 bridgehead atoms. The zero-order valence-corrected chi connectivity index (χ0v) is 46.5. The van der Waals surface area contributed by atoms with Crippen molar-refractivity contribution in [1.29, 1.82) is 0 Å². The molecule has 0 N–H and O–H groups in total. The Balaban J connectivity index is 3.93. The smallest absolute Gasteiger partial charge is 0.306 e. The van der Waals surface area contributed by atoms with Crippen molar-refractivity contribution in [2.24, 2.45) is 0 Å². The van der Waals surface area contributed by atoms with E-state index in [0.717, 1.165) is 64.2 Å². The van der Waals surface area contributed by atoms with Crippen molar-refractivity contribution in [3.63, 3.8) is 0 Å². The van der Waals surface area contributed by atoms with Gasteiger partial charge in [-0.15, -0.1) is 0 Å². The van der Waals surface area contributed by atoms with Gasteiger partial charge in [0.15, 0.2) is 6.10 Å². The van der Waals surface area contributed by atoms with E-state index in [9.17, 15) is 14.4 Å². The summed E-state index contributed by atoms with van der Waals surface area (Å²) in [6.45, 7) is 6.42. The molecule has 0 fully saturated rings. The molecule has 0 aliphatic heterocycles. The molecule has 0 aliphatic carbocycles. The Morgan fingerprint density at radius 3 is 0.929 bits per heavy atom. The van der Waals surface area contributed by atoms with E-state index in [4.69, 9.17) is 14.2 Å². The fraction of sp³-hybridized carbons (Fsp3) is 0.797. The topological polar surface area (TPSA) is 78.9 Å². The Hall–Kier alpha value is -2.89. The summed E-state index contributed by atoms with van der Waals surface area (Å²) in [6.07, 6.45) is 74.5. The molecular weight excluding hydrogens is 865 g/mol. The molecular formula is C64H114O6. The average molecular weight is 980 g/mol. The van der Waals surface area contributed by atoms with Gasteiger partial charge in [0.2, 0.25) is 0 Å². The monoisotopic (exact) mass is 979 g/mol. The van der Waals surface area contributed by atoms with Crippen LogP contribution in [0.5, 0.6) is 0 Å². The van der Waals surface area contributed by atoms with Gasteiger partial charge >= 0.3 is 17.9 Å². The van der Waals surface area contributed by atoms with E-state index < -0.39 is 6.10 Å². The number of carbonyl (C=O) groups excluding carboxylic acids is 3. The standard InChI is InChI=1S/C64H114O6/c1-4-7-10-13-16-18-20-22-23-24-25-26-27-28-29-30-31-32-33-34-35-36-37-38-39-40-41-43-44-46-48-51-54-57-63(66)69-60-61(59-68-62(65)56-53-50-15-12-9-6-3)70-64(67)58-55-52-49-47-45-42-21-19-17-14-11-8-5-2/h8,11,17,19,24-25,42,45,49,52,61H,4-7,9-10,12-16,18,20-23,26-41,43-44,46-48,50-51,53-60H2,1-3H3/b11-8-,19-17-,25-24-,45-42-,52-49-.